The van der Waals surface area contributed by atoms with E-state index in [-0.39, 0.29) is 0 Å². The number of aryl methyl sites for hydroxylation is 1. The molecule has 4 rings (SSSR count). The van der Waals surface area contributed by atoms with E-state index in [1.165, 1.54) is 59.3 Å². The van der Waals surface area contributed by atoms with Crippen molar-refractivity contribution in [3.8, 4) is 0 Å². The molecule has 0 radical (unpaired) electrons. The molecule has 0 amide bonds. The van der Waals surface area contributed by atoms with Crippen LogP contribution >= 0.6 is 0 Å². The number of aromatic nitrogens is 2. The predicted octanol–water partition coefficient (Wildman–Crippen LogP) is 5.76. The molecule has 4 aromatic rings. The monoisotopic (exact) mass is 302 g/mol. The molecule has 0 unspecified atom stereocenters. The normalized spacial score (nSPS) is 11.7. The van der Waals surface area contributed by atoms with Crippen molar-refractivity contribution >= 4 is 27.3 Å². The molecule has 0 atom stereocenters. The number of pyridine rings is 1. The van der Waals surface area contributed by atoms with Crippen LogP contribution < -0.4 is 0 Å². The van der Waals surface area contributed by atoms with Crippen LogP contribution in [0.25, 0.3) is 27.3 Å². The molecule has 2 heterocycles. The summed E-state index contributed by atoms with van der Waals surface area (Å²) in [5, 5.41) is 3.86. The molecular weight excluding hydrogens is 280 g/mol. The fraction of sp³-hybridized carbons (Fsp3) is 0.286. The number of imidazole rings is 1. The first-order valence-corrected chi connectivity index (χ1v) is 8.65. The molecular formula is C21H22N2. The summed E-state index contributed by atoms with van der Waals surface area (Å²) >= 11 is 0. The highest BCUT2D eigenvalue weighted by Gasteiger charge is 2.09. The van der Waals surface area contributed by atoms with E-state index in [1.807, 2.05) is 6.20 Å². The second-order valence-corrected chi connectivity index (χ2v) is 6.33. The molecule has 0 saturated carbocycles. The summed E-state index contributed by atoms with van der Waals surface area (Å²) < 4.78 is 2.21. The van der Waals surface area contributed by atoms with E-state index in [2.05, 4.69) is 65.0 Å². The topological polar surface area (TPSA) is 17.3 Å². The van der Waals surface area contributed by atoms with E-state index in [0.29, 0.717) is 0 Å². The van der Waals surface area contributed by atoms with Gasteiger partial charge in [-0.2, -0.15) is 0 Å². The summed E-state index contributed by atoms with van der Waals surface area (Å²) in [6.45, 7) is 2.26. The lowest BCUT2D eigenvalue weighted by molar-refractivity contribution is 0.667. The Hall–Kier alpha value is -2.35. The van der Waals surface area contributed by atoms with Crippen LogP contribution in [0.15, 0.2) is 54.9 Å². The second-order valence-electron chi connectivity index (χ2n) is 6.33. The first kappa shape index (κ1) is 14.3. The average Bonchev–Trinajstić information content (AvgIpc) is 3.09. The van der Waals surface area contributed by atoms with Crippen LogP contribution in [0.5, 0.6) is 0 Å². The van der Waals surface area contributed by atoms with Gasteiger partial charge < -0.3 is 0 Å². The maximum Gasteiger partial charge on any atom is 0.145 e. The number of benzene rings is 2. The standard InChI is InChI=1S/C21H22N2/c1-2-3-4-5-8-16-11-12-20-19(15-16)17-9-6-7-10-18(17)21-22-13-14-23(20)21/h6-7,9-15H,2-5,8H2,1H3. The summed E-state index contributed by atoms with van der Waals surface area (Å²) in [6.07, 6.45) is 10.4. The lowest BCUT2D eigenvalue weighted by Gasteiger charge is -2.10. The van der Waals surface area contributed by atoms with Crippen molar-refractivity contribution in [3.63, 3.8) is 0 Å². The summed E-state index contributed by atoms with van der Waals surface area (Å²) in [4.78, 5) is 4.55. The van der Waals surface area contributed by atoms with Crippen molar-refractivity contribution in [3.05, 3.63) is 60.4 Å². The predicted molar refractivity (Wildman–Crippen MR) is 98.1 cm³/mol. The molecule has 2 nitrogen and oxygen atoms in total. The Kier molecular flexibility index (Phi) is 3.74. The summed E-state index contributed by atoms with van der Waals surface area (Å²) in [5.41, 5.74) is 3.73. The molecule has 116 valence electrons. The van der Waals surface area contributed by atoms with E-state index in [0.717, 1.165) is 5.65 Å². The molecule has 0 spiro atoms. The molecule has 2 heteroatoms. The minimum Gasteiger partial charge on any atom is -0.299 e. The van der Waals surface area contributed by atoms with Gasteiger partial charge in [-0.15, -0.1) is 0 Å². The highest BCUT2D eigenvalue weighted by Crippen LogP contribution is 2.29. The van der Waals surface area contributed by atoms with Crippen LogP contribution in [0.1, 0.15) is 38.2 Å². The van der Waals surface area contributed by atoms with Gasteiger partial charge in [0.1, 0.15) is 5.65 Å². The SMILES string of the molecule is CCCCCCc1ccc2c(c1)c1ccccc1c1nccn21. The fourth-order valence-corrected chi connectivity index (χ4v) is 3.53. The minimum absolute atomic E-state index is 1.05. The Balaban J connectivity index is 1.86. The van der Waals surface area contributed by atoms with Gasteiger partial charge in [0.2, 0.25) is 0 Å². The van der Waals surface area contributed by atoms with Gasteiger partial charge in [-0.05, 0) is 35.9 Å². The van der Waals surface area contributed by atoms with Crippen LogP contribution in [0.4, 0.5) is 0 Å². The molecule has 0 aliphatic heterocycles. The van der Waals surface area contributed by atoms with Crippen molar-refractivity contribution in [2.75, 3.05) is 0 Å². The zero-order chi connectivity index (χ0) is 15.6. The Bertz CT molecular complexity index is 965. The Morgan fingerprint density at radius 2 is 1.78 bits per heavy atom. The molecule has 0 N–H and O–H groups in total. The first-order chi connectivity index (χ1) is 11.4. The summed E-state index contributed by atoms with van der Waals surface area (Å²) in [7, 11) is 0. The van der Waals surface area contributed by atoms with Crippen molar-refractivity contribution in [1.82, 2.24) is 9.38 Å². The Morgan fingerprint density at radius 1 is 0.913 bits per heavy atom. The summed E-state index contributed by atoms with van der Waals surface area (Å²) in [5.74, 6) is 0. The highest BCUT2D eigenvalue weighted by molar-refractivity contribution is 6.11. The molecule has 0 fully saturated rings. The number of unbranched alkanes of at least 4 members (excludes halogenated alkanes) is 3. The van der Waals surface area contributed by atoms with Gasteiger partial charge in [-0.25, -0.2) is 4.98 Å². The Labute approximate surface area is 136 Å². The molecule has 0 bridgehead atoms. The van der Waals surface area contributed by atoms with Crippen LogP contribution in [0.2, 0.25) is 0 Å². The summed E-state index contributed by atoms with van der Waals surface area (Å²) in [6, 6.07) is 15.5. The van der Waals surface area contributed by atoms with E-state index in [1.54, 1.807) is 0 Å². The van der Waals surface area contributed by atoms with Crippen LogP contribution in [0, 0.1) is 0 Å². The second kappa shape index (κ2) is 6.04. The number of fused-ring (bicyclic) bond motifs is 6. The lowest BCUT2D eigenvalue weighted by atomic mass is 10.0. The van der Waals surface area contributed by atoms with Gasteiger partial charge in [0.05, 0.1) is 5.52 Å². The largest absolute Gasteiger partial charge is 0.299 e. The van der Waals surface area contributed by atoms with E-state index in [9.17, 15) is 0 Å². The van der Waals surface area contributed by atoms with Gasteiger partial charge in [0.15, 0.2) is 0 Å². The van der Waals surface area contributed by atoms with Gasteiger partial charge >= 0.3 is 0 Å². The number of hydrogen-bond donors (Lipinski definition) is 0. The van der Waals surface area contributed by atoms with Gasteiger partial charge in [0.25, 0.3) is 0 Å². The maximum absolute atomic E-state index is 4.55. The lowest BCUT2D eigenvalue weighted by Crippen LogP contribution is -1.92. The molecule has 2 aromatic carbocycles. The third-order valence-corrected chi connectivity index (χ3v) is 4.74. The maximum atomic E-state index is 4.55. The number of nitrogens with zero attached hydrogens (tertiary/aromatic N) is 2. The van der Waals surface area contributed by atoms with E-state index >= 15 is 0 Å². The number of rotatable bonds is 5. The van der Waals surface area contributed by atoms with Crippen molar-refractivity contribution in [1.29, 1.82) is 0 Å². The first-order valence-electron chi connectivity index (χ1n) is 8.65. The van der Waals surface area contributed by atoms with E-state index in [4.69, 9.17) is 0 Å². The molecule has 2 aromatic heterocycles. The van der Waals surface area contributed by atoms with Gasteiger partial charge in [0, 0.05) is 23.2 Å². The van der Waals surface area contributed by atoms with E-state index < -0.39 is 0 Å². The van der Waals surface area contributed by atoms with Gasteiger partial charge in [-0.1, -0.05) is 56.5 Å². The molecule has 0 saturated heterocycles. The van der Waals surface area contributed by atoms with Crippen LogP contribution in [0.3, 0.4) is 0 Å². The zero-order valence-electron chi connectivity index (χ0n) is 13.6. The van der Waals surface area contributed by atoms with Gasteiger partial charge in [-0.3, -0.25) is 4.40 Å². The van der Waals surface area contributed by atoms with Crippen molar-refractivity contribution < 1.29 is 0 Å². The average molecular weight is 302 g/mol. The van der Waals surface area contributed by atoms with Crippen molar-refractivity contribution in [2.24, 2.45) is 0 Å². The van der Waals surface area contributed by atoms with Crippen molar-refractivity contribution in [2.45, 2.75) is 39.0 Å². The van der Waals surface area contributed by atoms with Crippen LogP contribution in [-0.4, -0.2) is 9.38 Å². The third-order valence-electron chi connectivity index (χ3n) is 4.74. The molecule has 0 aliphatic rings. The Morgan fingerprint density at radius 3 is 2.65 bits per heavy atom. The fourth-order valence-electron chi connectivity index (χ4n) is 3.53. The number of hydrogen-bond acceptors (Lipinski definition) is 1. The zero-order valence-corrected chi connectivity index (χ0v) is 13.6. The quantitative estimate of drug-likeness (QED) is 0.338. The minimum atomic E-state index is 1.05. The third kappa shape index (κ3) is 2.48. The molecule has 0 aliphatic carbocycles. The highest BCUT2D eigenvalue weighted by atomic mass is 15.0. The molecule has 23 heavy (non-hydrogen) atoms. The van der Waals surface area contributed by atoms with Crippen LogP contribution in [-0.2, 0) is 6.42 Å². The smallest absolute Gasteiger partial charge is 0.145 e.